The third kappa shape index (κ3) is 6.37. The normalized spacial score (nSPS) is 10.9. The molecule has 0 aliphatic carbocycles. The molecule has 0 aliphatic heterocycles. The van der Waals surface area contributed by atoms with Gasteiger partial charge < -0.3 is 14.8 Å². The highest BCUT2D eigenvalue weighted by molar-refractivity contribution is 6.32. The van der Waals surface area contributed by atoms with Gasteiger partial charge in [-0.2, -0.15) is 5.26 Å². The molecule has 0 aromatic heterocycles. The van der Waals surface area contributed by atoms with Gasteiger partial charge in [0.15, 0.2) is 11.5 Å². The van der Waals surface area contributed by atoms with E-state index in [9.17, 15) is 20.2 Å². The van der Waals surface area contributed by atoms with Gasteiger partial charge in [-0.15, -0.1) is 0 Å². The van der Waals surface area contributed by atoms with Crippen LogP contribution in [0.25, 0.3) is 6.08 Å². The van der Waals surface area contributed by atoms with Gasteiger partial charge in [0.25, 0.3) is 11.6 Å². The number of anilines is 1. The van der Waals surface area contributed by atoms with E-state index in [0.29, 0.717) is 22.6 Å². The second kappa shape index (κ2) is 11.2. The van der Waals surface area contributed by atoms with Crippen LogP contribution in [-0.2, 0) is 11.4 Å². The van der Waals surface area contributed by atoms with Gasteiger partial charge in [0.05, 0.1) is 17.1 Å². The summed E-state index contributed by atoms with van der Waals surface area (Å²) in [6.45, 7) is 3.88. The molecule has 1 N–H and O–H groups in total. The molecule has 0 saturated heterocycles. The van der Waals surface area contributed by atoms with Crippen molar-refractivity contribution in [3.05, 3.63) is 97.6 Å². The highest BCUT2D eigenvalue weighted by Crippen LogP contribution is 2.37. The maximum absolute atomic E-state index is 12.7. The smallest absolute Gasteiger partial charge is 0.269 e. The molecule has 0 unspecified atom stereocenters. The lowest BCUT2D eigenvalue weighted by Gasteiger charge is -2.14. The monoisotopic (exact) mass is 491 g/mol. The molecule has 1 amide bonds. The van der Waals surface area contributed by atoms with Gasteiger partial charge >= 0.3 is 0 Å². The Labute approximate surface area is 207 Å². The van der Waals surface area contributed by atoms with E-state index in [1.165, 1.54) is 25.3 Å². The van der Waals surface area contributed by atoms with Gasteiger partial charge in [0.1, 0.15) is 18.2 Å². The number of nitriles is 1. The van der Waals surface area contributed by atoms with Gasteiger partial charge in [-0.05, 0) is 72.5 Å². The zero-order valence-electron chi connectivity index (χ0n) is 19.3. The van der Waals surface area contributed by atoms with Crippen molar-refractivity contribution in [2.24, 2.45) is 0 Å². The van der Waals surface area contributed by atoms with E-state index in [1.807, 2.05) is 38.1 Å². The topological polar surface area (TPSA) is 114 Å². The Bertz CT molecular complexity index is 1340. The number of carbonyl (C=O) groups excluding carboxylic acids is 1. The Morgan fingerprint density at radius 1 is 1.17 bits per heavy atom. The summed E-state index contributed by atoms with van der Waals surface area (Å²) in [6.07, 6.45) is 1.41. The summed E-state index contributed by atoms with van der Waals surface area (Å²) in [4.78, 5) is 23.0. The molecule has 0 bridgehead atoms. The first-order valence-electron chi connectivity index (χ1n) is 10.5. The largest absolute Gasteiger partial charge is 0.493 e. The molecule has 8 nitrogen and oxygen atoms in total. The molecule has 0 spiro atoms. The summed E-state index contributed by atoms with van der Waals surface area (Å²) >= 11 is 6.41. The van der Waals surface area contributed by atoms with Crippen LogP contribution in [0.4, 0.5) is 11.4 Å². The van der Waals surface area contributed by atoms with Crippen LogP contribution < -0.4 is 14.8 Å². The number of hydrogen-bond acceptors (Lipinski definition) is 6. The van der Waals surface area contributed by atoms with Crippen molar-refractivity contribution >= 4 is 35.0 Å². The summed E-state index contributed by atoms with van der Waals surface area (Å²) < 4.78 is 11.2. The van der Waals surface area contributed by atoms with Crippen molar-refractivity contribution in [1.29, 1.82) is 5.26 Å². The van der Waals surface area contributed by atoms with E-state index in [-0.39, 0.29) is 28.6 Å². The van der Waals surface area contributed by atoms with Crippen molar-refractivity contribution in [2.45, 2.75) is 20.5 Å². The van der Waals surface area contributed by atoms with Crippen LogP contribution in [0.2, 0.25) is 5.02 Å². The van der Waals surface area contributed by atoms with Gasteiger partial charge in [0.2, 0.25) is 0 Å². The van der Waals surface area contributed by atoms with E-state index in [1.54, 1.807) is 24.3 Å². The zero-order chi connectivity index (χ0) is 25.5. The third-order valence-corrected chi connectivity index (χ3v) is 5.38. The number of rotatable bonds is 8. The van der Waals surface area contributed by atoms with Crippen LogP contribution in [0.1, 0.15) is 22.3 Å². The van der Waals surface area contributed by atoms with Crippen LogP contribution in [-0.4, -0.2) is 17.9 Å². The second-order valence-corrected chi connectivity index (χ2v) is 8.10. The number of methoxy groups -OCH3 is 1. The van der Waals surface area contributed by atoms with Gasteiger partial charge in [0, 0.05) is 17.8 Å². The predicted molar refractivity (Wildman–Crippen MR) is 134 cm³/mol. The lowest BCUT2D eigenvalue weighted by atomic mass is 10.1. The number of amides is 1. The van der Waals surface area contributed by atoms with Crippen molar-refractivity contribution in [3.63, 3.8) is 0 Å². The van der Waals surface area contributed by atoms with E-state index >= 15 is 0 Å². The van der Waals surface area contributed by atoms with Crippen LogP contribution in [0, 0.1) is 35.3 Å². The van der Waals surface area contributed by atoms with Crippen LogP contribution in [0.5, 0.6) is 11.5 Å². The number of aryl methyl sites for hydroxylation is 2. The van der Waals surface area contributed by atoms with Crippen molar-refractivity contribution in [2.75, 3.05) is 12.4 Å². The lowest BCUT2D eigenvalue weighted by molar-refractivity contribution is -0.384. The Hall–Kier alpha value is -4.35. The fourth-order valence-electron chi connectivity index (χ4n) is 3.21. The number of nitrogens with one attached hydrogen (secondary N) is 1. The summed E-state index contributed by atoms with van der Waals surface area (Å²) in [5.74, 6) is 0.0238. The van der Waals surface area contributed by atoms with Crippen molar-refractivity contribution in [1.82, 2.24) is 0 Å². The minimum absolute atomic E-state index is 0.0182. The molecular weight excluding hydrogens is 470 g/mol. The molecule has 0 aliphatic rings. The standard InChI is InChI=1S/C26H22ClN3O5/c1-16-4-5-17(2)23(10-16)29-26(31)20(14-28)11-19-12-22(27)25(24(13-19)34-3)35-15-18-6-8-21(9-7-18)30(32)33/h4-13H,15H2,1-3H3,(H,29,31)/b20-11+. The minimum Gasteiger partial charge on any atom is -0.493 e. The number of carbonyl (C=O) groups is 1. The minimum atomic E-state index is -0.546. The number of nitro groups is 1. The zero-order valence-corrected chi connectivity index (χ0v) is 20.1. The molecule has 0 heterocycles. The molecule has 3 aromatic rings. The molecule has 35 heavy (non-hydrogen) atoms. The first kappa shape index (κ1) is 25.3. The van der Waals surface area contributed by atoms with Gasteiger partial charge in [-0.1, -0.05) is 23.7 Å². The number of ether oxygens (including phenoxy) is 2. The molecule has 0 radical (unpaired) electrons. The first-order valence-corrected chi connectivity index (χ1v) is 10.8. The van der Waals surface area contributed by atoms with E-state index in [4.69, 9.17) is 21.1 Å². The maximum Gasteiger partial charge on any atom is 0.269 e. The summed E-state index contributed by atoms with van der Waals surface area (Å²) in [6, 6.07) is 16.7. The number of non-ortho nitro benzene ring substituents is 1. The highest BCUT2D eigenvalue weighted by Gasteiger charge is 2.15. The van der Waals surface area contributed by atoms with E-state index in [0.717, 1.165) is 11.1 Å². The Kier molecular flexibility index (Phi) is 8.08. The Balaban J connectivity index is 1.81. The molecule has 9 heteroatoms. The SMILES string of the molecule is COc1cc(/C=C(\C#N)C(=O)Nc2cc(C)ccc2C)cc(Cl)c1OCc1ccc([N+](=O)[O-])cc1. The second-order valence-electron chi connectivity index (χ2n) is 7.69. The molecule has 178 valence electrons. The predicted octanol–water partition coefficient (Wildman–Crippen LogP) is 6.00. The Morgan fingerprint density at radius 2 is 1.89 bits per heavy atom. The van der Waals surface area contributed by atoms with Crippen LogP contribution in [0.15, 0.2) is 60.2 Å². The number of halogens is 1. The lowest BCUT2D eigenvalue weighted by Crippen LogP contribution is -2.14. The van der Waals surface area contributed by atoms with Gasteiger partial charge in [-0.25, -0.2) is 0 Å². The van der Waals surface area contributed by atoms with Crippen LogP contribution in [0.3, 0.4) is 0 Å². The molecule has 0 atom stereocenters. The Morgan fingerprint density at radius 3 is 2.51 bits per heavy atom. The molecular formula is C26H22ClN3O5. The van der Waals surface area contributed by atoms with Crippen molar-refractivity contribution in [3.8, 4) is 17.6 Å². The molecule has 0 fully saturated rings. The average molecular weight is 492 g/mol. The number of benzene rings is 3. The van der Waals surface area contributed by atoms with E-state index < -0.39 is 10.8 Å². The van der Waals surface area contributed by atoms with Crippen molar-refractivity contribution < 1.29 is 19.2 Å². The maximum atomic E-state index is 12.7. The first-order chi connectivity index (χ1) is 16.7. The number of nitrogens with zero attached hydrogens (tertiary/aromatic N) is 2. The fourth-order valence-corrected chi connectivity index (χ4v) is 3.48. The number of hydrogen-bond donors (Lipinski definition) is 1. The molecule has 0 saturated carbocycles. The van der Waals surface area contributed by atoms with Crippen LogP contribution >= 0.6 is 11.6 Å². The quantitative estimate of drug-likeness (QED) is 0.179. The highest BCUT2D eigenvalue weighted by atomic mass is 35.5. The summed E-state index contributed by atoms with van der Waals surface area (Å²) in [5, 5.41) is 23.3. The molecule has 3 rings (SSSR count). The third-order valence-electron chi connectivity index (χ3n) is 5.10. The summed E-state index contributed by atoms with van der Waals surface area (Å²) in [5.41, 5.74) is 3.53. The number of nitro benzene ring substituents is 1. The van der Waals surface area contributed by atoms with E-state index in [2.05, 4.69) is 5.32 Å². The van der Waals surface area contributed by atoms with Gasteiger partial charge in [-0.3, -0.25) is 14.9 Å². The average Bonchev–Trinajstić information content (AvgIpc) is 2.83. The molecule has 3 aromatic carbocycles. The fraction of sp³-hybridized carbons (Fsp3) is 0.154. The summed E-state index contributed by atoms with van der Waals surface area (Å²) in [7, 11) is 1.44.